The van der Waals surface area contributed by atoms with E-state index in [9.17, 15) is 0 Å². The molecule has 5 heteroatoms. The Kier molecular flexibility index (Phi) is 3.36. The zero-order valence-corrected chi connectivity index (χ0v) is 10.4. The minimum atomic E-state index is 0.504. The van der Waals surface area contributed by atoms with Gasteiger partial charge in [0, 0.05) is 36.0 Å². The summed E-state index contributed by atoms with van der Waals surface area (Å²) >= 11 is 8.04. The van der Waals surface area contributed by atoms with Gasteiger partial charge in [0.15, 0.2) is 11.0 Å². The molecular formula is C10H14ClN3S. The van der Waals surface area contributed by atoms with Crippen LogP contribution in [-0.4, -0.2) is 33.6 Å². The first kappa shape index (κ1) is 11.0. The molecule has 2 heterocycles. The third-order valence-corrected chi connectivity index (χ3v) is 3.85. The Hall–Kier alpha value is -0.480. The van der Waals surface area contributed by atoms with Gasteiger partial charge in [-0.15, -0.1) is 0 Å². The summed E-state index contributed by atoms with van der Waals surface area (Å²) < 4.78 is 0. The summed E-state index contributed by atoms with van der Waals surface area (Å²) in [5, 5.41) is 1.74. The molecule has 2 unspecified atom stereocenters. The molecule has 1 fully saturated rings. The average Bonchev–Trinajstić information content (AvgIpc) is 2.16. The van der Waals surface area contributed by atoms with E-state index in [-0.39, 0.29) is 0 Å². The van der Waals surface area contributed by atoms with Crippen molar-refractivity contribution in [2.45, 2.75) is 24.3 Å². The second-order valence-electron chi connectivity index (χ2n) is 3.83. The van der Waals surface area contributed by atoms with Gasteiger partial charge in [-0.05, 0) is 0 Å². The fraction of sp³-hybridized carbons (Fsp3) is 0.600. The Morgan fingerprint density at radius 2 is 1.87 bits per heavy atom. The SMILES string of the molecule is CC1CN(c2nccnc2Cl)CC(C)S1. The van der Waals surface area contributed by atoms with Crippen molar-refractivity contribution in [3.8, 4) is 0 Å². The normalized spacial score (nSPS) is 26.7. The third kappa shape index (κ3) is 2.55. The van der Waals surface area contributed by atoms with E-state index in [1.807, 2.05) is 11.8 Å². The second-order valence-corrected chi connectivity index (χ2v) is 6.07. The van der Waals surface area contributed by atoms with Gasteiger partial charge in [-0.3, -0.25) is 0 Å². The van der Waals surface area contributed by atoms with Crippen LogP contribution in [0.5, 0.6) is 0 Å². The molecule has 3 nitrogen and oxygen atoms in total. The van der Waals surface area contributed by atoms with Crippen LogP contribution in [0.2, 0.25) is 5.15 Å². The molecule has 0 saturated carbocycles. The number of thioether (sulfide) groups is 1. The number of halogens is 1. The number of hydrogen-bond donors (Lipinski definition) is 0. The van der Waals surface area contributed by atoms with Crippen molar-refractivity contribution in [2.75, 3.05) is 18.0 Å². The quantitative estimate of drug-likeness (QED) is 0.758. The average molecular weight is 244 g/mol. The van der Waals surface area contributed by atoms with E-state index in [2.05, 4.69) is 28.7 Å². The first-order valence-corrected chi connectivity index (χ1v) is 6.36. The Bertz CT molecular complexity index is 337. The van der Waals surface area contributed by atoms with Crippen LogP contribution in [0.4, 0.5) is 5.82 Å². The molecule has 0 aromatic carbocycles. The van der Waals surface area contributed by atoms with Crippen molar-refractivity contribution in [2.24, 2.45) is 0 Å². The van der Waals surface area contributed by atoms with E-state index in [1.54, 1.807) is 12.4 Å². The fourth-order valence-electron chi connectivity index (χ4n) is 1.88. The van der Waals surface area contributed by atoms with Crippen molar-refractivity contribution in [3.05, 3.63) is 17.5 Å². The monoisotopic (exact) mass is 243 g/mol. The maximum Gasteiger partial charge on any atom is 0.171 e. The van der Waals surface area contributed by atoms with Crippen LogP contribution in [0.15, 0.2) is 12.4 Å². The predicted molar refractivity (Wildman–Crippen MR) is 65.8 cm³/mol. The maximum absolute atomic E-state index is 6.03. The molecule has 0 aliphatic carbocycles. The van der Waals surface area contributed by atoms with Crippen LogP contribution < -0.4 is 4.90 Å². The van der Waals surface area contributed by atoms with Crippen LogP contribution >= 0.6 is 23.4 Å². The summed E-state index contributed by atoms with van der Waals surface area (Å²) in [5.74, 6) is 0.818. The van der Waals surface area contributed by atoms with E-state index >= 15 is 0 Å². The van der Waals surface area contributed by atoms with Crippen molar-refractivity contribution < 1.29 is 0 Å². The third-order valence-electron chi connectivity index (χ3n) is 2.36. The lowest BCUT2D eigenvalue weighted by Gasteiger charge is -2.35. The highest BCUT2D eigenvalue weighted by Crippen LogP contribution is 2.29. The van der Waals surface area contributed by atoms with Gasteiger partial charge in [0.05, 0.1) is 0 Å². The Labute approximate surface area is 99.2 Å². The topological polar surface area (TPSA) is 29.0 Å². The zero-order chi connectivity index (χ0) is 10.8. The van der Waals surface area contributed by atoms with Gasteiger partial charge >= 0.3 is 0 Å². The molecule has 1 saturated heterocycles. The Morgan fingerprint density at radius 3 is 2.47 bits per heavy atom. The molecular weight excluding hydrogens is 230 g/mol. The minimum Gasteiger partial charge on any atom is -0.352 e. The lowest BCUT2D eigenvalue weighted by Crippen LogP contribution is -2.41. The lowest BCUT2D eigenvalue weighted by atomic mass is 10.3. The summed E-state index contributed by atoms with van der Waals surface area (Å²) in [6.07, 6.45) is 3.32. The largest absolute Gasteiger partial charge is 0.352 e. The molecule has 0 radical (unpaired) electrons. The molecule has 1 aliphatic heterocycles. The van der Waals surface area contributed by atoms with Gasteiger partial charge in [0.2, 0.25) is 0 Å². The Morgan fingerprint density at radius 1 is 1.27 bits per heavy atom. The zero-order valence-electron chi connectivity index (χ0n) is 8.85. The Balaban J connectivity index is 2.20. The van der Waals surface area contributed by atoms with E-state index in [1.165, 1.54) is 0 Å². The number of anilines is 1. The summed E-state index contributed by atoms with van der Waals surface area (Å²) in [4.78, 5) is 10.6. The van der Waals surface area contributed by atoms with Crippen LogP contribution in [0, 0.1) is 0 Å². The lowest BCUT2D eigenvalue weighted by molar-refractivity contribution is 0.716. The predicted octanol–water partition coefficient (Wildman–Crippen LogP) is 2.46. The first-order valence-electron chi connectivity index (χ1n) is 5.03. The van der Waals surface area contributed by atoms with Crippen molar-refractivity contribution >= 4 is 29.2 Å². The molecule has 82 valence electrons. The van der Waals surface area contributed by atoms with Crippen LogP contribution in [0.25, 0.3) is 0 Å². The van der Waals surface area contributed by atoms with Gasteiger partial charge in [-0.1, -0.05) is 25.4 Å². The number of aromatic nitrogens is 2. The van der Waals surface area contributed by atoms with Crippen molar-refractivity contribution in [1.29, 1.82) is 0 Å². The van der Waals surface area contributed by atoms with E-state index < -0.39 is 0 Å². The molecule has 1 aromatic rings. The standard InChI is InChI=1S/C10H14ClN3S/c1-7-5-14(6-8(2)15-7)10-9(11)12-3-4-13-10/h3-4,7-8H,5-6H2,1-2H3. The molecule has 0 N–H and O–H groups in total. The molecule has 1 aliphatic rings. The highest BCUT2D eigenvalue weighted by Gasteiger charge is 2.24. The van der Waals surface area contributed by atoms with Gasteiger partial charge < -0.3 is 4.90 Å². The van der Waals surface area contributed by atoms with E-state index in [0.29, 0.717) is 15.7 Å². The van der Waals surface area contributed by atoms with Crippen LogP contribution in [0.3, 0.4) is 0 Å². The minimum absolute atomic E-state index is 0.504. The second kappa shape index (κ2) is 4.58. The molecule has 0 bridgehead atoms. The first-order chi connectivity index (χ1) is 7.16. The van der Waals surface area contributed by atoms with Gasteiger partial charge in [-0.2, -0.15) is 11.8 Å². The van der Waals surface area contributed by atoms with E-state index in [4.69, 9.17) is 11.6 Å². The highest BCUT2D eigenvalue weighted by molar-refractivity contribution is 8.00. The van der Waals surface area contributed by atoms with Crippen LogP contribution in [-0.2, 0) is 0 Å². The fourth-order valence-corrected chi connectivity index (χ4v) is 3.43. The summed E-state index contributed by atoms with van der Waals surface area (Å²) in [7, 11) is 0. The number of hydrogen-bond acceptors (Lipinski definition) is 4. The van der Waals surface area contributed by atoms with Gasteiger partial charge in [-0.25, -0.2) is 9.97 Å². The number of rotatable bonds is 1. The highest BCUT2D eigenvalue weighted by atomic mass is 35.5. The number of nitrogens with zero attached hydrogens (tertiary/aromatic N) is 3. The van der Waals surface area contributed by atoms with Crippen molar-refractivity contribution in [3.63, 3.8) is 0 Å². The van der Waals surface area contributed by atoms with Gasteiger partial charge in [0.1, 0.15) is 0 Å². The molecule has 0 amide bonds. The smallest absolute Gasteiger partial charge is 0.171 e. The summed E-state index contributed by atoms with van der Waals surface area (Å²) in [6, 6.07) is 0. The summed E-state index contributed by atoms with van der Waals surface area (Å²) in [5.41, 5.74) is 0. The molecule has 1 aromatic heterocycles. The molecule has 2 atom stereocenters. The van der Waals surface area contributed by atoms with E-state index in [0.717, 1.165) is 18.9 Å². The molecule has 2 rings (SSSR count). The van der Waals surface area contributed by atoms with Crippen LogP contribution in [0.1, 0.15) is 13.8 Å². The summed E-state index contributed by atoms with van der Waals surface area (Å²) in [6.45, 7) is 6.45. The molecule has 0 spiro atoms. The molecule has 15 heavy (non-hydrogen) atoms. The maximum atomic E-state index is 6.03. The van der Waals surface area contributed by atoms with Crippen molar-refractivity contribution in [1.82, 2.24) is 9.97 Å². The van der Waals surface area contributed by atoms with Gasteiger partial charge in [0.25, 0.3) is 0 Å².